The van der Waals surface area contributed by atoms with Gasteiger partial charge in [-0.05, 0) is 48.7 Å². The normalized spacial score (nSPS) is 11.5. The fraction of sp³-hybridized carbons (Fsp3) is 0.263. The van der Waals surface area contributed by atoms with Gasteiger partial charge in [-0.2, -0.15) is 0 Å². The SMILES string of the molecule is CCCCc1ccc2nc(NNC(=O)c3cccc(S(C)(=O)=O)c3)sc2c1. The fourth-order valence-electron chi connectivity index (χ4n) is 2.61. The Hall–Kier alpha value is -2.45. The molecule has 0 saturated heterocycles. The average Bonchev–Trinajstić information content (AvgIpc) is 3.06. The van der Waals surface area contributed by atoms with E-state index in [4.69, 9.17) is 0 Å². The molecule has 0 aliphatic heterocycles. The molecule has 0 fully saturated rings. The summed E-state index contributed by atoms with van der Waals surface area (Å²) in [6.07, 6.45) is 4.46. The van der Waals surface area contributed by atoms with Crippen molar-refractivity contribution in [3.63, 3.8) is 0 Å². The lowest BCUT2D eigenvalue weighted by atomic mass is 10.1. The Kier molecular flexibility index (Phi) is 5.76. The number of amides is 1. The number of rotatable bonds is 7. The minimum atomic E-state index is -3.36. The van der Waals surface area contributed by atoms with Gasteiger partial charge in [0.05, 0.1) is 15.1 Å². The third kappa shape index (κ3) is 4.84. The van der Waals surface area contributed by atoms with E-state index in [-0.39, 0.29) is 10.5 Å². The van der Waals surface area contributed by atoms with Crippen LogP contribution in [0.4, 0.5) is 5.13 Å². The van der Waals surface area contributed by atoms with Crippen LogP contribution in [-0.4, -0.2) is 25.6 Å². The number of nitrogens with zero attached hydrogens (tertiary/aromatic N) is 1. The summed E-state index contributed by atoms with van der Waals surface area (Å²) in [6, 6.07) is 12.1. The zero-order valence-corrected chi connectivity index (χ0v) is 16.8. The van der Waals surface area contributed by atoms with Crippen molar-refractivity contribution in [1.82, 2.24) is 10.4 Å². The maximum atomic E-state index is 12.3. The van der Waals surface area contributed by atoms with Gasteiger partial charge in [0.1, 0.15) is 0 Å². The molecule has 6 nitrogen and oxygen atoms in total. The molecule has 0 aliphatic carbocycles. The Morgan fingerprint density at radius 2 is 2.00 bits per heavy atom. The standard InChI is InChI=1S/C19H21N3O3S2/c1-3-4-6-13-9-10-16-17(11-13)26-19(20-16)22-21-18(23)14-7-5-8-15(12-14)27(2,24)25/h5,7-12H,3-4,6H2,1-2H3,(H,20,22)(H,21,23). The van der Waals surface area contributed by atoms with Crippen molar-refractivity contribution in [3.05, 3.63) is 53.6 Å². The number of aryl methyl sites for hydroxylation is 1. The number of carbonyl (C=O) groups is 1. The van der Waals surface area contributed by atoms with Crippen LogP contribution in [0.2, 0.25) is 0 Å². The van der Waals surface area contributed by atoms with Gasteiger partial charge in [-0.25, -0.2) is 13.4 Å². The van der Waals surface area contributed by atoms with Gasteiger partial charge in [0, 0.05) is 11.8 Å². The third-order valence-corrected chi connectivity index (χ3v) is 6.12. The van der Waals surface area contributed by atoms with Gasteiger partial charge in [-0.15, -0.1) is 0 Å². The van der Waals surface area contributed by atoms with E-state index in [1.54, 1.807) is 12.1 Å². The molecular formula is C19H21N3O3S2. The largest absolute Gasteiger partial charge is 0.273 e. The Bertz CT molecular complexity index is 1070. The maximum Gasteiger partial charge on any atom is 0.269 e. The molecule has 0 bridgehead atoms. The van der Waals surface area contributed by atoms with Gasteiger partial charge in [-0.3, -0.25) is 15.6 Å². The maximum absolute atomic E-state index is 12.3. The number of benzene rings is 2. The van der Waals surface area contributed by atoms with Crippen LogP contribution >= 0.6 is 11.3 Å². The molecule has 0 radical (unpaired) electrons. The number of fused-ring (bicyclic) bond motifs is 1. The fourth-order valence-corrected chi connectivity index (χ4v) is 4.16. The number of aromatic nitrogens is 1. The molecule has 0 aliphatic rings. The van der Waals surface area contributed by atoms with E-state index in [2.05, 4.69) is 34.9 Å². The number of thiazole rings is 1. The zero-order valence-electron chi connectivity index (χ0n) is 15.2. The summed E-state index contributed by atoms with van der Waals surface area (Å²) in [5.41, 5.74) is 7.79. The Balaban J connectivity index is 1.70. The van der Waals surface area contributed by atoms with Crippen molar-refractivity contribution in [2.75, 3.05) is 11.7 Å². The highest BCUT2D eigenvalue weighted by atomic mass is 32.2. The monoisotopic (exact) mass is 403 g/mol. The molecule has 0 saturated carbocycles. The number of hydrogen-bond acceptors (Lipinski definition) is 6. The number of unbranched alkanes of at least 4 members (excludes halogenated alkanes) is 1. The van der Waals surface area contributed by atoms with E-state index in [1.807, 2.05) is 6.07 Å². The van der Waals surface area contributed by atoms with E-state index in [0.29, 0.717) is 5.13 Å². The quantitative estimate of drug-likeness (QED) is 0.586. The smallest absolute Gasteiger partial charge is 0.269 e. The van der Waals surface area contributed by atoms with Crippen molar-refractivity contribution in [2.45, 2.75) is 31.1 Å². The summed E-state index contributed by atoms with van der Waals surface area (Å²) < 4.78 is 24.3. The molecule has 0 atom stereocenters. The Morgan fingerprint density at radius 3 is 2.74 bits per heavy atom. The van der Waals surface area contributed by atoms with E-state index >= 15 is 0 Å². The average molecular weight is 404 g/mol. The summed E-state index contributed by atoms with van der Waals surface area (Å²) in [7, 11) is -3.36. The van der Waals surface area contributed by atoms with Gasteiger partial charge < -0.3 is 0 Å². The van der Waals surface area contributed by atoms with Crippen molar-refractivity contribution in [3.8, 4) is 0 Å². The van der Waals surface area contributed by atoms with Crippen molar-refractivity contribution >= 4 is 42.4 Å². The number of nitrogens with one attached hydrogen (secondary N) is 2. The Labute approximate surface area is 162 Å². The second-order valence-corrected chi connectivity index (χ2v) is 9.35. The van der Waals surface area contributed by atoms with Gasteiger partial charge in [0.2, 0.25) is 5.13 Å². The second kappa shape index (κ2) is 8.06. The topological polar surface area (TPSA) is 88.2 Å². The molecule has 8 heteroatoms. The third-order valence-electron chi connectivity index (χ3n) is 4.08. The molecule has 1 heterocycles. The number of anilines is 1. The molecule has 2 aromatic carbocycles. The predicted octanol–water partition coefficient (Wildman–Crippen LogP) is 3.80. The molecular weight excluding hydrogens is 382 g/mol. The lowest BCUT2D eigenvalue weighted by molar-refractivity contribution is 0.0962. The molecule has 1 amide bonds. The number of carbonyl (C=O) groups excluding carboxylic acids is 1. The molecule has 1 aromatic heterocycles. The summed E-state index contributed by atoms with van der Waals surface area (Å²) >= 11 is 1.46. The van der Waals surface area contributed by atoms with E-state index in [0.717, 1.165) is 35.7 Å². The summed E-state index contributed by atoms with van der Waals surface area (Å²) in [5, 5.41) is 0.574. The number of hydrogen-bond donors (Lipinski definition) is 2. The van der Waals surface area contributed by atoms with E-state index in [9.17, 15) is 13.2 Å². The molecule has 2 N–H and O–H groups in total. The lowest BCUT2D eigenvalue weighted by Gasteiger charge is -2.06. The van der Waals surface area contributed by atoms with Crippen LogP contribution in [0.15, 0.2) is 47.4 Å². The predicted molar refractivity (Wildman–Crippen MR) is 109 cm³/mol. The van der Waals surface area contributed by atoms with Crippen LogP contribution in [0.5, 0.6) is 0 Å². The lowest BCUT2D eigenvalue weighted by Crippen LogP contribution is -2.29. The van der Waals surface area contributed by atoms with Crippen LogP contribution in [0.25, 0.3) is 10.2 Å². The van der Waals surface area contributed by atoms with Crippen LogP contribution in [0.1, 0.15) is 35.7 Å². The summed E-state index contributed by atoms with van der Waals surface area (Å²) in [6.45, 7) is 2.17. The molecule has 27 heavy (non-hydrogen) atoms. The number of sulfone groups is 1. The van der Waals surface area contributed by atoms with Gasteiger partial charge in [0.15, 0.2) is 9.84 Å². The van der Waals surface area contributed by atoms with E-state index < -0.39 is 15.7 Å². The summed E-state index contributed by atoms with van der Waals surface area (Å²) in [5.74, 6) is -0.427. The number of hydrazine groups is 1. The summed E-state index contributed by atoms with van der Waals surface area (Å²) in [4.78, 5) is 16.9. The highest BCUT2D eigenvalue weighted by Crippen LogP contribution is 2.27. The van der Waals surface area contributed by atoms with Crippen LogP contribution < -0.4 is 10.9 Å². The molecule has 3 aromatic rings. The molecule has 0 unspecified atom stereocenters. The first kappa shape index (κ1) is 19.3. The van der Waals surface area contributed by atoms with E-state index in [1.165, 1.54) is 29.0 Å². The Morgan fingerprint density at radius 1 is 1.19 bits per heavy atom. The highest BCUT2D eigenvalue weighted by molar-refractivity contribution is 7.90. The minimum absolute atomic E-state index is 0.106. The molecule has 3 rings (SSSR count). The molecule has 0 spiro atoms. The second-order valence-electron chi connectivity index (χ2n) is 6.30. The minimum Gasteiger partial charge on any atom is -0.273 e. The highest BCUT2D eigenvalue weighted by Gasteiger charge is 2.12. The first-order valence-corrected chi connectivity index (χ1v) is 11.3. The zero-order chi connectivity index (χ0) is 19.4. The van der Waals surface area contributed by atoms with Gasteiger partial charge >= 0.3 is 0 Å². The van der Waals surface area contributed by atoms with Crippen LogP contribution in [0, 0.1) is 0 Å². The van der Waals surface area contributed by atoms with Crippen LogP contribution in [0.3, 0.4) is 0 Å². The first-order chi connectivity index (χ1) is 12.9. The van der Waals surface area contributed by atoms with Crippen molar-refractivity contribution < 1.29 is 13.2 Å². The first-order valence-electron chi connectivity index (χ1n) is 8.63. The van der Waals surface area contributed by atoms with Crippen LogP contribution in [-0.2, 0) is 16.3 Å². The molecule has 142 valence electrons. The van der Waals surface area contributed by atoms with Gasteiger partial charge in [0.25, 0.3) is 5.91 Å². The van der Waals surface area contributed by atoms with Crippen molar-refractivity contribution in [2.24, 2.45) is 0 Å². The van der Waals surface area contributed by atoms with Gasteiger partial charge in [-0.1, -0.05) is 36.8 Å². The van der Waals surface area contributed by atoms with Crippen molar-refractivity contribution in [1.29, 1.82) is 0 Å².